The van der Waals surface area contributed by atoms with Gasteiger partial charge in [-0.2, -0.15) is 0 Å². The van der Waals surface area contributed by atoms with Crippen molar-refractivity contribution in [3.05, 3.63) is 82.7 Å². The third-order valence-corrected chi connectivity index (χ3v) is 6.10. The van der Waals surface area contributed by atoms with E-state index in [9.17, 15) is 18.0 Å². The molecule has 0 spiro atoms. The number of hydrazine groups is 1. The van der Waals surface area contributed by atoms with Crippen LogP contribution >= 0.6 is 0 Å². The van der Waals surface area contributed by atoms with Gasteiger partial charge in [0.05, 0.1) is 16.0 Å². The smallest absolute Gasteiger partial charge is 0.335 e. The van der Waals surface area contributed by atoms with Crippen LogP contribution in [0.25, 0.3) is 5.69 Å². The number of amides is 1. The molecule has 9 heteroatoms. The van der Waals surface area contributed by atoms with Crippen LogP contribution in [0.5, 0.6) is 0 Å². The Morgan fingerprint density at radius 3 is 2.27 bits per heavy atom. The molecule has 0 radical (unpaired) electrons. The fraction of sp³-hybridized carbons (Fsp3) is 0.143. The van der Waals surface area contributed by atoms with E-state index in [1.807, 2.05) is 46.7 Å². The first-order valence-electron chi connectivity index (χ1n) is 9.02. The summed E-state index contributed by atoms with van der Waals surface area (Å²) in [7, 11) is -4.17. The molecule has 2 aromatic carbocycles. The van der Waals surface area contributed by atoms with Crippen molar-refractivity contribution in [1.29, 1.82) is 0 Å². The minimum Gasteiger partial charge on any atom is -0.478 e. The van der Waals surface area contributed by atoms with Gasteiger partial charge in [-0.1, -0.05) is 24.3 Å². The molecule has 30 heavy (non-hydrogen) atoms. The van der Waals surface area contributed by atoms with Gasteiger partial charge in [-0.05, 0) is 56.7 Å². The van der Waals surface area contributed by atoms with Gasteiger partial charge in [0.2, 0.25) is 0 Å². The number of aromatic nitrogens is 1. The van der Waals surface area contributed by atoms with Gasteiger partial charge in [0.1, 0.15) is 0 Å². The zero-order valence-corrected chi connectivity index (χ0v) is 17.4. The van der Waals surface area contributed by atoms with Crippen molar-refractivity contribution in [2.45, 2.75) is 25.7 Å². The number of nitrogens with zero attached hydrogens (tertiary/aromatic N) is 1. The van der Waals surface area contributed by atoms with E-state index in [1.54, 1.807) is 13.0 Å². The van der Waals surface area contributed by atoms with Crippen LogP contribution in [0.2, 0.25) is 0 Å². The summed E-state index contributed by atoms with van der Waals surface area (Å²) < 4.78 is 27.1. The Labute approximate surface area is 174 Å². The van der Waals surface area contributed by atoms with Crippen molar-refractivity contribution in [3.63, 3.8) is 0 Å². The summed E-state index contributed by atoms with van der Waals surface area (Å²) >= 11 is 0. The highest BCUT2D eigenvalue weighted by molar-refractivity contribution is 7.89. The number of nitrogens with one attached hydrogen (secondary N) is 2. The number of hydrogen-bond acceptors (Lipinski definition) is 4. The number of para-hydroxylation sites is 1. The zero-order valence-electron chi connectivity index (χ0n) is 16.6. The van der Waals surface area contributed by atoms with E-state index < -0.39 is 21.9 Å². The number of aryl methyl sites for hydroxylation is 2. The van der Waals surface area contributed by atoms with E-state index in [0.717, 1.165) is 17.4 Å². The number of hydrogen-bond donors (Lipinski definition) is 3. The molecule has 0 aliphatic rings. The van der Waals surface area contributed by atoms with Crippen molar-refractivity contribution in [1.82, 2.24) is 14.8 Å². The van der Waals surface area contributed by atoms with Crippen LogP contribution in [0.1, 0.15) is 37.7 Å². The number of carbonyl (C=O) groups excluding carboxylic acids is 1. The number of carboxylic acid groups (broad SMARTS) is 1. The minimum atomic E-state index is -4.17. The molecule has 1 heterocycles. The topological polar surface area (TPSA) is 118 Å². The van der Waals surface area contributed by atoms with Crippen LogP contribution in [-0.4, -0.2) is 30.0 Å². The predicted molar refractivity (Wildman–Crippen MR) is 111 cm³/mol. The molecule has 0 saturated heterocycles. The molecule has 3 N–H and O–H groups in total. The van der Waals surface area contributed by atoms with Crippen LogP contribution in [0, 0.1) is 20.8 Å². The maximum atomic E-state index is 12.7. The predicted octanol–water partition coefficient (Wildman–Crippen LogP) is 2.72. The molecule has 3 rings (SSSR count). The Hall–Kier alpha value is -3.43. The molecule has 3 aromatic rings. The number of carboxylic acids is 1. The van der Waals surface area contributed by atoms with Crippen LogP contribution in [0.4, 0.5) is 0 Å². The third kappa shape index (κ3) is 4.12. The van der Waals surface area contributed by atoms with Crippen molar-refractivity contribution < 1.29 is 23.1 Å². The SMILES string of the molecule is Cc1ccc(C(=O)O)cc1S(=O)(=O)NNC(=O)c1cc(C)n(-c2ccccc2)c1C. The Kier molecular flexibility index (Phi) is 5.77. The highest BCUT2D eigenvalue weighted by Crippen LogP contribution is 2.21. The Balaban J connectivity index is 1.84. The number of aromatic carboxylic acids is 1. The van der Waals surface area contributed by atoms with Gasteiger partial charge >= 0.3 is 5.97 Å². The normalized spacial score (nSPS) is 11.3. The summed E-state index contributed by atoms with van der Waals surface area (Å²) in [6.07, 6.45) is 0. The fourth-order valence-electron chi connectivity index (χ4n) is 3.23. The van der Waals surface area contributed by atoms with Crippen LogP contribution in [-0.2, 0) is 10.0 Å². The quantitative estimate of drug-likeness (QED) is 0.523. The molecule has 0 aliphatic heterocycles. The molecule has 0 bridgehead atoms. The van der Waals surface area contributed by atoms with E-state index in [4.69, 9.17) is 5.11 Å². The Morgan fingerprint density at radius 2 is 1.63 bits per heavy atom. The van der Waals surface area contributed by atoms with E-state index in [2.05, 4.69) is 5.43 Å². The summed E-state index contributed by atoms with van der Waals surface area (Å²) in [4.78, 5) is 25.6. The first kappa shape index (κ1) is 21.3. The number of sulfonamides is 1. The average Bonchev–Trinajstić information content (AvgIpc) is 3.01. The molecule has 0 saturated carbocycles. The van der Waals surface area contributed by atoms with Gasteiger partial charge < -0.3 is 9.67 Å². The second-order valence-electron chi connectivity index (χ2n) is 6.80. The number of benzene rings is 2. The minimum absolute atomic E-state index is 0.168. The molecule has 0 unspecified atom stereocenters. The number of rotatable bonds is 6. The standard InChI is InChI=1S/C21H21N3O5S/c1-13-9-10-16(21(26)27)12-19(13)30(28,29)23-22-20(25)18-11-14(2)24(15(18)3)17-7-5-4-6-8-17/h4-12,23H,1-3H3,(H,22,25)(H,26,27). The maximum Gasteiger partial charge on any atom is 0.335 e. The van der Waals surface area contributed by atoms with Crippen LogP contribution in [0.3, 0.4) is 0 Å². The van der Waals surface area contributed by atoms with E-state index >= 15 is 0 Å². The lowest BCUT2D eigenvalue weighted by molar-refractivity contribution is 0.0696. The monoisotopic (exact) mass is 427 g/mol. The highest BCUT2D eigenvalue weighted by Gasteiger charge is 2.22. The van der Waals surface area contributed by atoms with Crippen molar-refractivity contribution in [3.8, 4) is 5.69 Å². The van der Waals surface area contributed by atoms with Crippen molar-refractivity contribution in [2.24, 2.45) is 0 Å². The fourth-order valence-corrected chi connectivity index (χ4v) is 4.34. The summed E-state index contributed by atoms with van der Waals surface area (Å²) in [5.74, 6) is -1.87. The summed E-state index contributed by atoms with van der Waals surface area (Å²) in [6.45, 7) is 5.15. The van der Waals surface area contributed by atoms with Crippen LogP contribution < -0.4 is 10.3 Å². The number of carbonyl (C=O) groups is 2. The Bertz CT molecular complexity index is 1230. The zero-order chi connectivity index (χ0) is 22.1. The lowest BCUT2D eigenvalue weighted by atomic mass is 10.1. The van der Waals surface area contributed by atoms with Gasteiger partial charge in [0.15, 0.2) is 0 Å². The van der Waals surface area contributed by atoms with Gasteiger partial charge in [-0.25, -0.2) is 13.2 Å². The van der Waals surface area contributed by atoms with E-state index in [0.29, 0.717) is 16.8 Å². The average molecular weight is 427 g/mol. The summed E-state index contributed by atoms with van der Waals surface area (Å²) in [5.41, 5.74) is 5.06. The largest absolute Gasteiger partial charge is 0.478 e. The molecule has 8 nitrogen and oxygen atoms in total. The molecule has 156 valence electrons. The van der Waals surface area contributed by atoms with Crippen molar-refractivity contribution in [2.75, 3.05) is 0 Å². The molecule has 0 fully saturated rings. The highest BCUT2D eigenvalue weighted by atomic mass is 32.2. The van der Waals surface area contributed by atoms with Gasteiger partial charge in [-0.15, -0.1) is 4.83 Å². The first-order valence-corrected chi connectivity index (χ1v) is 10.5. The van der Waals surface area contributed by atoms with Gasteiger partial charge in [-0.3, -0.25) is 10.2 Å². The first-order chi connectivity index (χ1) is 14.1. The van der Waals surface area contributed by atoms with E-state index in [-0.39, 0.29) is 10.5 Å². The second-order valence-corrected chi connectivity index (χ2v) is 8.45. The molecule has 0 atom stereocenters. The van der Waals surface area contributed by atoms with Gasteiger partial charge in [0.25, 0.3) is 15.9 Å². The maximum absolute atomic E-state index is 12.7. The molecule has 1 amide bonds. The molecule has 0 aliphatic carbocycles. The third-order valence-electron chi connectivity index (χ3n) is 4.71. The second kappa shape index (κ2) is 8.13. The summed E-state index contributed by atoms with van der Waals surface area (Å²) in [5, 5.41) is 9.10. The van der Waals surface area contributed by atoms with E-state index in [1.165, 1.54) is 19.1 Å². The van der Waals surface area contributed by atoms with Crippen LogP contribution in [0.15, 0.2) is 59.5 Å². The Morgan fingerprint density at radius 1 is 0.967 bits per heavy atom. The van der Waals surface area contributed by atoms with Gasteiger partial charge in [0, 0.05) is 17.1 Å². The summed E-state index contributed by atoms with van der Waals surface area (Å²) in [6, 6.07) is 14.9. The lowest BCUT2D eigenvalue weighted by Crippen LogP contribution is -2.42. The molecule has 1 aromatic heterocycles. The molecular weight excluding hydrogens is 406 g/mol. The van der Waals surface area contributed by atoms with Crippen molar-refractivity contribution >= 4 is 21.9 Å². The molecular formula is C21H21N3O5S. The lowest BCUT2D eigenvalue weighted by Gasteiger charge is -2.12.